The van der Waals surface area contributed by atoms with Gasteiger partial charge in [-0.15, -0.1) is 0 Å². The van der Waals surface area contributed by atoms with E-state index in [0.717, 1.165) is 4.47 Å². The number of nitrogens with zero attached hydrogens (tertiary/aromatic N) is 2. The Morgan fingerprint density at radius 1 is 1.50 bits per heavy atom. The average Bonchev–Trinajstić information content (AvgIpc) is 2.89. The van der Waals surface area contributed by atoms with Gasteiger partial charge in [0.15, 0.2) is 0 Å². The molecule has 0 aromatic carbocycles. The third-order valence-electron chi connectivity index (χ3n) is 2.31. The lowest BCUT2D eigenvalue weighted by Gasteiger charge is -2.08. The Hall–Kier alpha value is -1.89. The molecular weight excluding hydrogens is 298 g/mol. The fourth-order valence-electron chi connectivity index (χ4n) is 1.47. The zero-order chi connectivity index (χ0) is 13.0. The van der Waals surface area contributed by atoms with Crippen LogP contribution in [0.15, 0.2) is 29.1 Å². The molecule has 0 saturated carbocycles. The Morgan fingerprint density at radius 2 is 2.33 bits per heavy atom. The van der Waals surface area contributed by atoms with Crippen LogP contribution in [0.5, 0.6) is 0 Å². The number of aromatic amines is 1. The summed E-state index contributed by atoms with van der Waals surface area (Å²) >= 11 is 3.29. The molecule has 6 nitrogen and oxygen atoms in total. The Bertz CT molecular complexity index is 540. The number of carbonyl (C=O) groups is 1. The van der Waals surface area contributed by atoms with Crippen molar-refractivity contribution < 1.29 is 4.79 Å². The summed E-state index contributed by atoms with van der Waals surface area (Å²) in [5, 5.41) is 5.65. The van der Waals surface area contributed by atoms with E-state index in [2.05, 4.69) is 41.5 Å². The smallest absolute Gasteiger partial charge is 0.255 e. The maximum absolute atomic E-state index is 12.0. The van der Waals surface area contributed by atoms with Gasteiger partial charge in [-0.25, -0.2) is 9.97 Å². The third-order valence-corrected chi connectivity index (χ3v) is 2.74. The highest BCUT2D eigenvalue weighted by Crippen LogP contribution is 2.17. The molecular formula is C11H12BrN5O. The summed E-state index contributed by atoms with van der Waals surface area (Å²) in [7, 11) is 1.72. The molecule has 0 aliphatic rings. The minimum Gasteiger partial charge on any atom is -0.372 e. The van der Waals surface area contributed by atoms with Gasteiger partial charge < -0.3 is 15.6 Å². The molecule has 2 aromatic heterocycles. The second-order valence-corrected chi connectivity index (χ2v) is 4.43. The van der Waals surface area contributed by atoms with E-state index in [1.54, 1.807) is 31.7 Å². The second kappa shape index (κ2) is 5.63. The lowest BCUT2D eigenvalue weighted by Crippen LogP contribution is -2.24. The molecule has 0 radical (unpaired) electrons. The first kappa shape index (κ1) is 12.6. The number of hydrogen-bond donors (Lipinski definition) is 3. The first-order valence-electron chi connectivity index (χ1n) is 5.30. The zero-order valence-corrected chi connectivity index (χ0v) is 11.3. The van der Waals surface area contributed by atoms with E-state index >= 15 is 0 Å². The van der Waals surface area contributed by atoms with Crippen molar-refractivity contribution in [2.75, 3.05) is 12.4 Å². The number of aromatic nitrogens is 3. The topological polar surface area (TPSA) is 82.7 Å². The summed E-state index contributed by atoms with van der Waals surface area (Å²) in [6, 6.07) is 1.72. The van der Waals surface area contributed by atoms with Crippen molar-refractivity contribution in [2.24, 2.45) is 0 Å². The number of carbonyl (C=O) groups excluding carboxylic acids is 1. The van der Waals surface area contributed by atoms with Gasteiger partial charge in [0.1, 0.15) is 11.6 Å². The van der Waals surface area contributed by atoms with Crippen molar-refractivity contribution in [3.63, 3.8) is 0 Å². The molecule has 1 amide bonds. The highest BCUT2D eigenvalue weighted by Gasteiger charge is 2.12. The first-order valence-corrected chi connectivity index (χ1v) is 6.09. The van der Waals surface area contributed by atoms with Crippen LogP contribution in [-0.4, -0.2) is 27.9 Å². The van der Waals surface area contributed by atoms with Crippen LogP contribution in [0.25, 0.3) is 0 Å². The van der Waals surface area contributed by atoms with Crippen LogP contribution in [0, 0.1) is 0 Å². The van der Waals surface area contributed by atoms with Gasteiger partial charge in [0.25, 0.3) is 5.91 Å². The first-order chi connectivity index (χ1) is 8.70. The van der Waals surface area contributed by atoms with E-state index in [0.29, 0.717) is 23.8 Å². The predicted octanol–water partition coefficient (Wildman–Crippen LogP) is 1.54. The molecule has 0 aliphatic carbocycles. The maximum Gasteiger partial charge on any atom is 0.255 e. The maximum atomic E-state index is 12.0. The van der Waals surface area contributed by atoms with Crippen molar-refractivity contribution in [1.82, 2.24) is 20.3 Å². The van der Waals surface area contributed by atoms with E-state index in [9.17, 15) is 4.79 Å². The quantitative estimate of drug-likeness (QED) is 0.800. The number of imidazole rings is 1. The van der Waals surface area contributed by atoms with Gasteiger partial charge in [-0.3, -0.25) is 4.79 Å². The molecule has 94 valence electrons. The molecule has 0 saturated heterocycles. The van der Waals surface area contributed by atoms with Gasteiger partial charge in [-0.05, 0) is 22.0 Å². The van der Waals surface area contributed by atoms with Crippen LogP contribution < -0.4 is 10.6 Å². The molecule has 0 aliphatic heterocycles. The van der Waals surface area contributed by atoms with Gasteiger partial charge in [-0.2, -0.15) is 0 Å². The lowest BCUT2D eigenvalue weighted by molar-refractivity contribution is 0.0950. The molecule has 0 unspecified atom stereocenters. The average molecular weight is 310 g/mol. The summed E-state index contributed by atoms with van der Waals surface area (Å²) in [4.78, 5) is 23.1. The van der Waals surface area contributed by atoms with E-state index in [-0.39, 0.29) is 5.91 Å². The number of H-pyrrole nitrogens is 1. The summed E-state index contributed by atoms with van der Waals surface area (Å²) in [6.45, 7) is 0.349. The molecule has 7 heteroatoms. The van der Waals surface area contributed by atoms with Crippen molar-refractivity contribution in [3.05, 3.63) is 40.5 Å². The predicted molar refractivity (Wildman–Crippen MR) is 71.2 cm³/mol. The number of halogens is 1. The molecule has 2 aromatic rings. The summed E-state index contributed by atoms with van der Waals surface area (Å²) in [6.07, 6.45) is 4.98. The van der Waals surface area contributed by atoms with Crippen LogP contribution in [0.1, 0.15) is 16.2 Å². The fraction of sp³-hybridized carbons (Fsp3) is 0.182. The Kier molecular flexibility index (Phi) is 3.93. The van der Waals surface area contributed by atoms with Crippen molar-refractivity contribution >= 4 is 27.7 Å². The number of rotatable bonds is 4. The van der Waals surface area contributed by atoms with Crippen LogP contribution in [0.4, 0.5) is 5.82 Å². The van der Waals surface area contributed by atoms with Gasteiger partial charge >= 0.3 is 0 Å². The van der Waals surface area contributed by atoms with Gasteiger partial charge in [0.2, 0.25) is 0 Å². The second-order valence-electron chi connectivity index (χ2n) is 3.52. The molecule has 2 rings (SSSR count). The van der Waals surface area contributed by atoms with Gasteiger partial charge in [-0.1, -0.05) is 0 Å². The summed E-state index contributed by atoms with van der Waals surface area (Å²) in [5.74, 6) is 1.04. The Labute approximate surface area is 112 Å². The molecule has 0 spiro atoms. The largest absolute Gasteiger partial charge is 0.372 e. The Balaban J connectivity index is 2.10. The molecule has 2 heterocycles. The van der Waals surface area contributed by atoms with E-state index in [1.807, 2.05) is 0 Å². The SMILES string of the molecule is CNc1ncc(Br)cc1C(=O)NCc1ncc[nH]1. The van der Waals surface area contributed by atoms with Crippen molar-refractivity contribution in [1.29, 1.82) is 0 Å². The fourth-order valence-corrected chi connectivity index (χ4v) is 1.80. The molecule has 0 bridgehead atoms. The zero-order valence-electron chi connectivity index (χ0n) is 9.70. The minimum atomic E-state index is -0.204. The molecule has 0 fully saturated rings. The summed E-state index contributed by atoms with van der Waals surface area (Å²) < 4.78 is 0.754. The van der Waals surface area contributed by atoms with Crippen LogP contribution in [-0.2, 0) is 6.54 Å². The number of nitrogens with one attached hydrogen (secondary N) is 3. The van der Waals surface area contributed by atoms with E-state index in [1.165, 1.54) is 0 Å². The van der Waals surface area contributed by atoms with E-state index in [4.69, 9.17) is 0 Å². The number of anilines is 1. The molecule has 18 heavy (non-hydrogen) atoms. The third kappa shape index (κ3) is 2.86. The Morgan fingerprint density at radius 3 is 3.00 bits per heavy atom. The van der Waals surface area contributed by atoms with E-state index < -0.39 is 0 Å². The standard InChI is InChI=1S/C11H12BrN5O/c1-13-10-8(4-7(12)5-16-10)11(18)17-6-9-14-2-3-15-9/h2-5H,6H2,1H3,(H,13,16)(H,14,15)(H,17,18). The van der Waals surface area contributed by atoms with Crippen molar-refractivity contribution in [2.45, 2.75) is 6.54 Å². The number of hydrogen-bond acceptors (Lipinski definition) is 4. The van der Waals surface area contributed by atoms with Crippen LogP contribution >= 0.6 is 15.9 Å². The normalized spacial score (nSPS) is 10.1. The highest BCUT2D eigenvalue weighted by molar-refractivity contribution is 9.10. The van der Waals surface area contributed by atoms with Gasteiger partial charge in [0.05, 0.1) is 12.1 Å². The monoisotopic (exact) mass is 309 g/mol. The number of amides is 1. The highest BCUT2D eigenvalue weighted by atomic mass is 79.9. The van der Waals surface area contributed by atoms with Gasteiger partial charge in [0, 0.05) is 30.1 Å². The number of pyridine rings is 1. The molecule has 3 N–H and O–H groups in total. The molecule has 0 atom stereocenters. The lowest BCUT2D eigenvalue weighted by atomic mass is 10.2. The van der Waals surface area contributed by atoms with Crippen LogP contribution in [0.2, 0.25) is 0 Å². The minimum absolute atomic E-state index is 0.204. The van der Waals surface area contributed by atoms with Crippen molar-refractivity contribution in [3.8, 4) is 0 Å². The summed E-state index contributed by atoms with van der Waals surface area (Å²) in [5.41, 5.74) is 0.485. The van der Waals surface area contributed by atoms with Crippen LogP contribution in [0.3, 0.4) is 0 Å².